The highest BCUT2D eigenvalue weighted by Gasteiger charge is 2.21. The van der Waals surface area contributed by atoms with Crippen molar-refractivity contribution in [3.8, 4) is 11.8 Å². The number of nitriles is 1. The monoisotopic (exact) mass is 324 g/mol. The van der Waals surface area contributed by atoms with Gasteiger partial charge >= 0.3 is 0 Å². The van der Waals surface area contributed by atoms with Crippen LogP contribution in [0.2, 0.25) is 0 Å². The predicted octanol–water partition coefficient (Wildman–Crippen LogP) is 2.08. The van der Waals surface area contributed by atoms with Crippen molar-refractivity contribution in [2.24, 2.45) is 5.41 Å². The lowest BCUT2D eigenvalue weighted by atomic mass is 9.94. The van der Waals surface area contributed by atoms with Crippen molar-refractivity contribution in [1.29, 1.82) is 5.26 Å². The standard InChI is InChI=1S/C15H20N2O4S/c1-15(2,3)8-11-22(19,20)17-14(18)12-6-4-5-7-13(12)21-10-9-16/h4-7H,8,10-11H2,1-3H3,(H,17,18). The lowest BCUT2D eigenvalue weighted by Gasteiger charge is -2.18. The molecule has 0 fully saturated rings. The first-order valence-electron chi connectivity index (χ1n) is 6.78. The number of carbonyl (C=O) groups excluding carboxylic acids is 1. The van der Waals surface area contributed by atoms with Crippen molar-refractivity contribution in [2.75, 3.05) is 12.4 Å². The molecule has 1 aromatic carbocycles. The molecule has 0 aliphatic rings. The summed E-state index contributed by atoms with van der Waals surface area (Å²) < 4.78 is 31.1. The lowest BCUT2D eigenvalue weighted by Crippen LogP contribution is -2.34. The number of nitrogens with one attached hydrogen (secondary N) is 1. The normalized spacial score (nSPS) is 11.5. The third-order valence-electron chi connectivity index (χ3n) is 2.79. The average Bonchev–Trinajstić information content (AvgIpc) is 2.42. The van der Waals surface area contributed by atoms with E-state index in [1.54, 1.807) is 18.2 Å². The minimum absolute atomic E-state index is 0.0806. The van der Waals surface area contributed by atoms with E-state index in [2.05, 4.69) is 0 Å². The van der Waals surface area contributed by atoms with E-state index in [9.17, 15) is 13.2 Å². The molecule has 120 valence electrons. The highest BCUT2D eigenvalue weighted by Crippen LogP contribution is 2.20. The zero-order valence-electron chi connectivity index (χ0n) is 12.9. The van der Waals surface area contributed by atoms with Crippen LogP contribution in [0.1, 0.15) is 37.6 Å². The minimum atomic E-state index is -3.72. The minimum Gasteiger partial charge on any atom is -0.478 e. The van der Waals surface area contributed by atoms with Crippen molar-refractivity contribution >= 4 is 15.9 Å². The van der Waals surface area contributed by atoms with Crippen LogP contribution in [0, 0.1) is 16.7 Å². The summed E-state index contributed by atoms with van der Waals surface area (Å²) in [5.74, 6) is -0.723. The summed E-state index contributed by atoms with van der Waals surface area (Å²) >= 11 is 0. The van der Waals surface area contributed by atoms with Crippen LogP contribution in [0.4, 0.5) is 0 Å². The third-order valence-corrected chi connectivity index (χ3v) is 4.03. The van der Waals surface area contributed by atoms with E-state index in [1.165, 1.54) is 12.1 Å². The quantitative estimate of drug-likeness (QED) is 0.864. The maximum absolute atomic E-state index is 12.1. The van der Waals surface area contributed by atoms with Crippen LogP contribution in [-0.2, 0) is 10.0 Å². The van der Waals surface area contributed by atoms with E-state index in [-0.39, 0.29) is 29.1 Å². The number of sulfonamides is 1. The predicted molar refractivity (Wildman–Crippen MR) is 82.9 cm³/mol. The average molecular weight is 324 g/mol. The molecule has 0 heterocycles. The number of hydrogen-bond acceptors (Lipinski definition) is 5. The van der Waals surface area contributed by atoms with E-state index >= 15 is 0 Å². The molecule has 1 N–H and O–H groups in total. The van der Waals surface area contributed by atoms with Crippen LogP contribution >= 0.6 is 0 Å². The van der Waals surface area contributed by atoms with Gasteiger partial charge in [0.05, 0.1) is 11.3 Å². The van der Waals surface area contributed by atoms with E-state index < -0.39 is 15.9 Å². The second-order valence-electron chi connectivity index (χ2n) is 6.00. The fourth-order valence-corrected chi connectivity index (χ4v) is 2.95. The van der Waals surface area contributed by atoms with Crippen LogP contribution in [-0.4, -0.2) is 26.7 Å². The van der Waals surface area contributed by atoms with Gasteiger partial charge in [0, 0.05) is 0 Å². The Labute approximate surface area is 131 Å². The first-order chi connectivity index (χ1) is 10.1. The van der Waals surface area contributed by atoms with Gasteiger partial charge in [-0.3, -0.25) is 4.79 Å². The van der Waals surface area contributed by atoms with Crippen LogP contribution in [0.15, 0.2) is 24.3 Å². The van der Waals surface area contributed by atoms with Crippen molar-refractivity contribution in [2.45, 2.75) is 27.2 Å². The van der Waals surface area contributed by atoms with E-state index in [1.807, 2.05) is 25.5 Å². The van der Waals surface area contributed by atoms with Crippen molar-refractivity contribution in [3.63, 3.8) is 0 Å². The SMILES string of the molecule is CC(C)(C)CCS(=O)(=O)NC(=O)c1ccccc1OCC#N. The van der Waals surface area contributed by atoms with Crippen LogP contribution < -0.4 is 9.46 Å². The highest BCUT2D eigenvalue weighted by molar-refractivity contribution is 7.90. The molecule has 22 heavy (non-hydrogen) atoms. The maximum atomic E-state index is 12.1. The Balaban J connectivity index is 2.83. The van der Waals surface area contributed by atoms with Crippen LogP contribution in [0.3, 0.4) is 0 Å². The molecule has 0 aliphatic carbocycles. The summed E-state index contributed by atoms with van der Waals surface area (Å²) in [5.41, 5.74) is -0.0666. The largest absolute Gasteiger partial charge is 0.478 e. The van der Waals surface area contributed by atoms with Gasteiger partial charge < -0.3 is 4.74 Å². The zero-order chi connectivity index (χ0) is 16.8. The van der Waals surface area contributed by atoms with Crippen molar-refractivity contribution in [3.05, 3.63) is 29.8 Å². The number of benzene rings is 1. The van der Waals surface area contributed by atoms with Gasteiger partial charge in [0.15, 0.2) is 6.61 Å². The van der Waals surface area contributed by atoms with Gasteiger partial charge in [-0.1, -0.05) is 32.9 Å². The summed E-state index contributed by atoms with van der Waals surface area (Å²) in [7, 11) is -3.72. The third kappa shape index (κ3) is 6.14. The molecule has 0 saturated carbocycles. The number of amides is 1. The van der Waals surface area contributed by atoms with Gasteiger partial charge in [-0.2, -0.15) is 5.26 Å². The molecule has 1 amide bonds. The number of hydrogen-bond donors (Lipinski definition) is 1. The Bertz CT molecular complexity index is 670. The molecule has 0 aromatic heterocycles. The Kier molecular flexibility index (Phi) is 5.94. The fraction of sp³-hybridized carbons (Fsp3) is 0.467. The van der Waals surface area contributed by atoms with E-state index in [0.29, 0.717) is 6.42 Å². The molecule has 0 unspecified atom stereocenters. The topological polar surface area (TPSA) is 96.3 Å². The second kappa shape index (κ2) is 7.27. The molecule has 1 rings (SSSR count). The number of para-hydroxylation sites is 1. The number of carbonyl (C=O) groups is 1. The molecular weight excluding hydrogens is 304 g/mol. The van der Waals surface area contributed by atoms with Gasteiger partial charge in [0.1, 0.15) is 11.8 Å². The lowest BCUT2D eigenvalue weighted by molar-refractivity contribution is 0.0978. The first-order valence-corrected chi connectivity index (χ1v) is 8.43. The Hall–Kier alpha value is -2.07. The Morgan fingerprint density at radius 2 is 1.95 bits per heavy atom. The summed E-state index contributed by atoms with van der Waals surface area (Å²) in [6.07, 6.45) is 0.433. The molecule has 0 bridgehead atoms. The van der Waals surface area contributed by atoms with E-state index in [4.69, 9.17) is 10.00 Å². The molecule has 0 spiro atoms. The van der Waals surface area contributed by atoms with Crippen molar-refractivity contribution < 1.29 is 17.9 Å². The summed E-state index contributed by atoms with van der Waals surface area (Å²) in [4.78, 5) is 12.1. The molecule has 0 radical (unpaired) electrons. The highest BCUT2D eigenvalue weighted by atomic mass is 32.2. The molecule has 0 aliphatic heterocycles. The van der Waals surface area contributed by atoms with Gasteiger partial charge in [-0.25, -0.2) is 13.1 Å². The molecule has 0 saturated heterocycles. The molecule has 1 aromatic rings. The van der Waals surface area contributed by atoms with E-state index in [0.717, 1.165) is 0 Å². The van der Waals surface area contributed by atoms with Crippen LogP contribution in [0.25, 0.3) is 0 Å². The Morgan fingerprint density at radius 3 is 2.55 bits per heavy atom. The summed E-state index contributed by atoms with van der Waals surface area (Å²) in [6.45, 7) is 5.56. The smallest absolute Gasteiger partial charge is 0.268 e. The van der Waals surface area contributed by atoms with Gasteiger partial charge in [-0.05, 0) is 24.0 Å². The maximum Gasteiger partial charge on any atom is 0.268 e. The fourth-order valence-electron chi connectivity index (χ4n) is 1.58. The van der Waals surface area contributed by atoms with Crippen LogP contribution in [0.5, 0.6) is 5.75 Å². The van der Waals surface area contributed by atoms with Gasteiger partial charge in [-0.15, -0.1) is 0 Å². The molecular formula is C15H20N2O4S. The Morgan fingerprint density at radius 1 is 1.32 bits per heavy atom. The van der Waals surface area contributed by atoms with Crippen molar-refractivity contribution in [1.82, 2.24) is 4.72 Å². The number of nitrogens with zero attached hydrogens (tertiary/aromatic N) is 1. The zero-order valence-corrected chi connectivity index (χ0v) is 13.7. The van der Waals surface area contributed by atoms with Gasteiger partial charge in [0.25, 0.3) is 5.91 Å². The number of rotatable bonds is 6. The summed E-state index contributed by atoms with van der Waals surface area (Å²) in [5, 5.41) is 8.52. The van der Waals surface area contributed by atoms with Gasteiger partial charge in [0.2, 0.25) is 10.0 Å². The number of ether oxygens (including phenoxy) is 1. The second-order valence-corrected chi connectivity index (χ2v) is 7.85. The molecule has 7 heteroatoms. The first kappa shape index (κ1) is 18.0. The molecule has 0 atom stereocenters. The molecule has 6 nitrogen and oxygen atoms in total. The summed E-state index contributed by atoms with van der Waals surface area (Å²) in [6, 6.07) is 7.98.